The molecular weight excluding hydrogens is 160 g/mol. The molecule has 0 radical (unpaired) electrons. The first-order valence-corrected chi connectivity index (χ1v) is 4.29. The van der Waals surface area contributed by atoms with Crippen LogP contribution in [0.25, 0.3) is 11.6 Å². The molecule has 68 valence electrons. The SMILES string of the molecule is C=Cc1cnncc1C(=C)C(C)C. The summed E-state index contributed by atoms with van der Waals surface area (Å²) < 4.78 is 0. The zero-order valence-corrected chi connectivity index (χ0v) is 8.12. The molecule has 0 fully saturated rings. The lowest BCUT2D eigenvalue weighted by atomic mass is 9.95. The Hall–Kier alpha value is -1.44. The molecule has 1 aromatic rings. The first kappa shape index (κ1) is 9.65. The summed E-state index contributed by atoms with van der Waals surface area (Å²) in [4.78, 5) is 0. The lowest BCUT2D eigenvalue weighted by Gasteiger charge is -2.10. The van der Waals surface area contributed by atoms with Crippen LogP contribution in [0.3, 0.4) is 0 Å². The lowest BCUT2D eigenvalue weighted by Crippen LogP contribution is -1.96. The second-order valence-corrected chi connectivity index (χ2v) is 3.24. The smallest absolute Gasteiger partial charge is 0.0577 e. The highest BCUT2D eigenvalue weighted by Crippen LogP contribution is 2.23. The second-order valence-electron chi connectivity index (χ2n) is 3.24. The Balaban J connectivity index is 3.13. The molecule has 2 heteroatoms. The van der Waals surface area contributed by atoms with Crippen molar-refractivity contribution in [3.8, 4) is 0 Å². The molecular formula is C11H14N2. The molecule has 0 aromatic carbocycles. The van der Waals surface area contributed by atoms with Crippen LogP contribution < -0.4 is 0 Å². The van der Waals surface area contributed by atoms with Gasteiger partial charge < -0.3 is 0 Å². The number of allylic oxidation sites excluding steroid dienone is 1. The zero-order valence-electron chi connectivity index (χ0n) is 8.12. The van der Waals surface area contributed by atoms with Crippen molar-refractivity contribution < 1.29 is 0 Å². The fourth-order valence-corrected chi connectivity index (χ4v) is 1.07. The van der Waals surface area contributed by atoms with E-state index in [-0.39, 0.29) is 0 Å². The summed E-state index contributed by atoms with van der Waals surface area (Å²) in [5.41, 5.74) is 3.11. The third-order valence-electron chi connectivity index (χ3n) is 2.02. The molecule has 13 heavy (non-hydrogen) atoms. The van der Waals surface area contributed by atoms with Crippen molar-refractivity contribution in [3.63, 3.8) is 0 Å². The Morgan fingerprint density at radius 3 is 2.54 bits per heavy atom. The number of hydrogen-bond acceptors (Lipinski definition) is 2. The standard InChI is InChI=1S/C11H14N2/c1-5-10-6-12-13-7-11(10)9(4)8(2)3/h5-8H,1,4H2,2-3H3. The van der Waals surface area contributed by atoms with E-state index >= 15 is 0 Å². The molecule has 0 spiro atoms. The monoisotopic (exact) mass is 174 g/mol. The van der Waals surface area contributed by atoms with Gasteiger partial charge in [-0.1, -0.05) is 33.1 Å². The molecule has 2 nitrogen and oxygen atoms in total. The summed E-state index contributed by atoms with van der Waals surface area (Å²) >= 11 is 0. The number of aromatic nitrogens is 2. The van der Waals surface area contributed by atoms with Gasteiger partial charge in [-0.2, -0.15) is 10.2 Å². The molecule has 0 saturated carbocycles. The van der Waals surface area contributed by atoms with E-state index in [9.17, 15) is 0 Å². The number of hydrogen-bond donors (Lipinski definition) is 0. The molecule has 0 aliphatic rings. The second kappa shape index (κ2) is 3.99. The predicted octanol–water partition coefficient (Wildman–Crippen LogP) is 2.79. The van der Waals surface area contributed by atoms with Gasteiger partial charge >= 0.3 is 0 Å². The first-order chi connectivity index (χ1) is 6.16. The molecule has 0 saturated heterocycles. The van der Waals surface area contributed by atoms with Gasteiger partial charge in [-0.15, -0.1) is 0 Å². The van der Waals surface area contributed by atoms with Crippen LogP contribution in [0.15, 0.2) is 25.6 Å². The normalized spacial score (nSPS) is 10.1. The highest BCUT2D eigenvalue weighted by atomic mass is 15.1. The Labute approximate surface area is 79.0 Å². The highest BCUT2D eigenvalue weighted by Gasteiger charge is 2.07. The average molecular weight is 174 g/mol. The van der Waals surface area contributed by atoms with Crippen molar-refractivity contribution in [2.45, 2.75) is 13.8 Å². The molecule has 1 rings (SSSR count). The van der Waals surface area contributed by atoms with Gasteiger partial charge in [0.2, 0.25) is 0 Å². The van der Waals surface area contributed by atoms with E-state index in [1.54, 1.807) is 18.5 Å². The molecule has 1 aromatic heterocycles. The Morgan fingerprint density at radius 2 is 2.00 bits per heavy atom. The maximum atomic E-state index is 4.02. The molecule has 0 aliphatic carbocycles. The van der Waals surface area contributed by atoms with Gasteiger partial charge in [0.1, 0.15) is 0 Å². The van der Waals surface area contributed by atoms with Crippen molar-refractivity contribution in [1.82, 2.24) is 10.2 Å². The van der Waals surface area contributed by atoms with Crippen molar-refractivity contribution in [2.24, 2.45) is 5.92 Å². The third-order valence-corrected chi connectivity index (χ3v) is 2.02. The van der Waals surface area contributed by atoms with Gasteiger partial charge in [0.15, 0.2) is 0 Å². The summed E-state index contributed by atoms with van der Waals surface area (Å²) in [6, 6.07) is 0. The van der Waals surface area contributed by atoms with Crippen molar-refractivity contribution in [3.05, 3.63) is 36.7 Å². The van der Waals surface area contributed by atoms with Crippen LogP contribution in [0.2, 0.25) is 0 Å². The van der Waals surface area contributed by atoms with Gasteiger partial charge in [-0.05, 0) is 11.5 Å². The Bertz CT molecular complexity index is 327. The predicted molar refractivity (Wildman–Crippen MR) is 56.0 cm³/mol. The molecule has 0 atom stereocenters. The van der Waals surface area contributed by atoms with Gasteiger partial charge in [0.05, 0.1) is 12.4 Å². The number of nitrogens with zero attached hydrogens (tertiary/aromatic N) is 2. The first-order valence-electron chi connectivity index (χ1n) is 4.29. The largest absolute Gasteiger partial charge is 0.158 e. The van der Waals surface area contributed by atoms with E-state index in [0.29, 0.717) is 5.92 Å². The topological polar surface area (TPSA) is 25.8 Å². The third kappa shape index (κ3) is 2.02. The van der Waals surface area contributed by atoms with E-state index in [2.05, 4.69) is 37.2 Å². The summed E-state index contributed by atoms with van der Waals surface area (Å²) in [7, 11) is 0. The quantitative estimate of drug-likeness (QED) is 0.704. The van der Waals surface area contributed by atoms with E-state index in [1.165, 1.54) is 0 Å². The number of rotatable bonds is 3. The minimum Gasteiger partial charge on any atom is -0.158 e. The van der Waals surface area contributed by atoms with Gasteiger partial charge in [0.25, 0.3) is 0 Å². The van der Waals surface area contributed by atoms with Crippen LogP contribution in [-0.4, -0.2) is 10.2 Å². The van der Waals surface area contributed by atoms with E-state index in [0.717, 1.165) is 16.7 Å². The maximum Gasteiger partial charge on any atom is 0.0577 e. The van der Waals surface area contributed by atoms with Crippen LogP contribution in [-0.2, 0) is 0 Å². The zero-order chi connectivity index (χ0) is 9.84. The summed E-state index contributed by atoms with van der Waals surface area (Å²) in [5.74, 6) is 0.419. The van der Waals surface area contributed by atoms with Gasteiger partial charge in [0, 0.05) is 11.1 Å². The van der Waals surface area contributed by atoms with Crippen LogP contribution in [0, 0.1) is 5.92 Å². The van der Waals surface area contributed by atoms with E-state index < -0.39 is 0 Å². The van der Waals surface area contributed by atoms with Crippen LogP contribution >= 0.6 is 0 Å². The molecule has 1 heterocycles. The average Bonchev–Trinajstić information content (AvgIpc) is 2.16. The molecule has 0 unspecified atom stereocenters. The van der Waals surface area contributed by atoms with Gasteiger partial charge in [-0.3, -0.25) is 0 Å². The molecule has 0 bridgehead atoms. The van der Waals surface area contributed by atoms with Crippen LogP contribution in [0.1, 0.15) is 25.0 Å². The fourth-order valence-electron chi connectivity index (χ4n) is 1.07. The van der Waals surface area contributed by atoms with E-state index in [1.807, 2.05) is 0 Å². The van der Waals surface area contributed by atoms with Crippen molar-refractivity contribution >= 4 is 11.6 Å². The van der Waals surface area contributed by atoms with Crippen molar-refractivity contribution in [2.75, 3.05) is 0 Å². The summed E-state index contributed by atoms with van der Waals surface area (Å²) in [6.45, 7) is 12.0. The molecule has 0 N–H and O–H groups in total. The van der Waals surface area contributed by atoms with E-state index in [4.69, 9.17) is 0 Å². The summed E-state index contributed by atoms with van der Waals surface area (Å²) in [5, 5.41) is 7.63. The minimum atomic E-state index is 0.419. The van der Waals surface area contributed by atoms with Gasteiger partial charge in [-0.25, -0.2) is 0 Å². The molecule has 0 amide bonds. The lowest BCUT2D eigenvalue weighted by molar-refractivity contribution is 0.853. The summed E-state index contributed by atoms with van der Waals surface area (Å²) in [6.07, 6.45) is 5.22. The molecule has 0 aliphatic heterocycles. The Kier molecular flexibility index (Phi) is 2.96. The highest BCUT2D eigenvalue weighted by molar-refractivity contribution is 5.72. The van der Waals surface area contributed by atoms with Crippen LogP contribution in [0.4, 0.5) is 0 Å². The van der Waals surface area contributed by atoms with Crippen molar-refractivity contribution in [1.29, 1.82) is 0 Å². The Morgan fingerprint density at radius 1 is 1.38 bits per heavy atom. The minimum absolute atomic E-state index is 0.419. The fraction of sp³-hybridized carbons (Fsp3) is 0.273. The van der Waals surface area contributed by atoms with Crippen LogP contribution in [0.5, 0.6) is 0 Å². The maximum absolute atomic E-state index is 4.02.